The Morgan fingerprint density at radius 1 is 1.08 bits per heavy atom. The van der Waals surface area contributed by atoms with Crippen LogP contribution in [0.2, 0.25) is 0 Å². The molecule has 0 aliphatic carbocycles. The average molecular weight is 352 g/mol. The first-order chi connectivity index (χ1) is 12.6. The molecule has 0 spiro atoms. The first-order valence-corrected chi connectivity index (χ1v) is 8.74. The lowest BCUT2D eigenvalue weighted by atomic mass is 10.0. The Morgan fingerprint density at radius 2 is 1.69 bits per heavy atom. The quantitative estimate of drug-likeness (QED) is 0.722. The Bertz CT molecular complexity index is 766. The van der Waals surface area contributed by atoms with E-state index in [1.165, 1.54) is 0 Å². The molecule has 2 aromatic carbocycles. The molecular formula is C21H24N2O3. The maximum Gasteiger partial charge on any atom is 0.261 e. The Morgan fingerprint density at radius 3 is 2.23 bits per heavy atom. The minimum atomic E-state index is -0.106. The number of likely N-dealkylation sites (N-methyl/N-ethyl adjacent to an activating group) is 1. The van der Waals surface area contributed by atoms with Crippen LogP contribution in [0.4, 0.5) is 0 Å². The van der Waals surface area contributed by atoms with Crippen LogP contribution in [0.3, 0.4) is 0 Å². The Kier molecular flexibility index (Phi) is 7.04. The van der Waals surface area contributed by atoms with E-state index in [4.69, 9.17) is 14.7 Å². The molecule has 0 radical (unpaired) electrons. The van der Waals surface area contributed by atoms with Crippen molar-refractivity contribution in [3.63, 3.8) is 0 Å². The van der Waals surface area contributed by atoms with Gasteiger partial charge < -0.3 is 14.4 Å². The molecule has 1 atom stereocenters. The second-order valence-electron chi connectivity index (χ2n) is 5.76. The van der Waals surface area contributed by atoms with Crippen LogP contribution >= 0.6 is 0 Å². The minimum absolute atomic E-state index is 0.0570. The maximum atomic E-state index is 12.7. The summed E-state index contributed by atoms with van der Waals surface area (Å²) in [6.07, 6.45) is 0. The Hall–Kier alpha value is -3.00. The molecule has 0 aromatic heterocycles. The van der Waals surface area contributed by atoms with Crippen molar-refractivity contribution in [3.8, 4) is 17.6 Å². The number of nitriles is 1. The van der Waals surface area contributed by atoms with Crippen molar-refractivity contribution in [2.75, 3.05) is 19.8 Å². The van der Waals surface area contributed by atoms with Crippen molar-refractivity contribution in [1.29, 1.82) is 5.26 Å². The van der Waals surface area contributed by atoms with E-state index in [1.807, 2.05) is 51.1 Å². The van der Waals surface area contributed by atoms with Gasteiger partial charge in [-0.3, -0.25) is 4.79 Å². The average Bonchev–Trinajstić information content (AvgIpc) is 2.68. The summed E-state index contributed by atoms with van der Waals surface area (Å²) in [6, 6.07) is 16.6. The van der Waals surface area contributed by atoms with E-state index in [0.717, 1.165) is 5.56 Å². The van der Waals surface area contributed by atoms with Gasteiger partial charge in [0.05, 0.1) is 24.3 Å². The summed E-state index contributed by atoms with van der Waals surface area (Å²) in [4.78, 5) is 14.4. The van der Waals surface area contributed by atoms with Crippen molar-refractivity contribution in [3.05, 3.63) is 59.7 Å². The number of para-hydroxylation sites is 2. The zero-order chi connectivity index (χ0) is 18.9. The standard InChI is InChI=1S/C21H24N2O3/c1-4-23(16(3)18-12-10-17(14-22)11-13-18)21(24)15-26-20-9-7-6-8-19(20)25-5-2/h6-13,16H,4-5,15H2,1-3H3. The first-order valence-electron chi connectivity index (χ1n) is 8.74. The molecule has 0 aliphatic rings. The van der Waals surface area contributed by atoms with Crippen LogP contribution in [0.1, 0.15) is 37.9 Å². The van der Waals surface area contributed by atoms with Gasteiger partial charge in [-0.25, -0.2) is 0 Å². The maximum absolute atomic E-state index is 12.7. The number of hydrogen-bond acceptors (Lipinski definition) is 4. The van der Waals surface area contributed by atoms with Crippen molar-refractivity contribution in [2.24, 2.45) is 0 Å². The zero-order valence-electron chi connectivity index (χ0n) is 15.4. The van der Waals surface area contributed by atoms with E-state index in [9.17, 15) is 4.79 Å². The van der Waals surface area contributed by atoms with E-state index in [-0.39, 0.29) is 18.6 Å². The summed E-state index contributed by atoms with van der Waals surface area (Å²) in [5.41, 5.74) is 1.58. The lowest BCUT2D eigenvalue weighted by Crippen LogP contribution is -2.36. The fourth-order valence-electron chi connectivity index (χ4n) is 2.75. The van der Waals surface area contributed by atoms with Gasteiger partial charge in [0.1, 0.15) is 0 Å². The number of hydrogen-bond donors (Lipinski definition) is 0. The van der Waals surface area contributed by atoms with Crippen LogP contribution in [0.15, 0.2) is 48.5 Å². The van der Waals surface area contributed by atoms with E-state index in [1.54, 1.807) is 23.1 Å². The largest absolute Gasteiger partial charge is 0.490 e. The number of ether oxygens (including phenoxy) is 2. The van der Waals surface area contributed by atoms with Crippen molar-refractivity contribution >= 4 is 5.91 Å². The molecule has 0 saturated heterocycles. The predicted octanol–water partition coefficient (Wildman–Crippen LogP) is 3.95. The molecule has 136 valence electrons. The van der Waals surface area contributed by atoms with Gasteiger partial charge in [-0.2, -0.15) is 5.26 Å². The molecule has 5 heteroatoms. The molecule has 1 amide bonds. The molecule has 0 saturated carbocycles. The normalized spacial score (nSPS) is 11.3. The van der Waals surface area contributed by atoms with Crippen molar-refractivity contribution in [1.82, 2.24) is 4.90 Å². The van der Waals surface area contributed by atoms with Crippen LogP contribution in [0.25, 0.3) is 0 Å². The van der Waals surface area contributed by atoms with Crippen LogP contribution in [-0.2, 0) is 4.79 Å². The third kappa shape index (κ3) is 4.76. The SMILES string of the molecule is CCOc1ccccc1OCC(=O)N(CC)C(C)c1ccc(C#N)cc1. The first kappa shape index (κ1) is 19.3. The van der Waals surface area contributed by atoms with E-state index >= 15 is 0 Å². The van der Waals surface area contributed by atoms with Crippen molar-refractivity contribution in [2.45, 2.75) is 26.8 Å². The number of rotatable bonds is 8. The second-order valence-corrected chi connectivity index (χ2v) is 5.76. The summed E-state index contributed by atoms with van der Waals surface area (Å²) in [6.45, 7) is 6.85. The third-order valence-corrected chi connectivity index (χ3v) is 4.15. The number of benzene rings is 2. The third-order valence-electron chi connectivity index (χ3n) is 4.15. The van der Waals surface area contributed by atoms with E-state index in [2.05, 4.69) is 6.07 Å². The number of carbonyl (C=O) groups excluding carboxylic acids is 1. The van der Waals surface area contributed by atoms with Gasteiger partial charge in [0.2, 0.25) is 0 Å². The van der Waals surface area contributed by atoms with Crippen LogP contribution in [0.5, 0.6) is 11.5 Å². The van der Waals surface area contributed by atoms with Crippen LogP contribution in [0, 0.1) is 11.3 Å². The molecule has 26 heavy (non-hydrogen) atoms. The summed E-state index contributed by atoms with van der Waals surface area (Å²) in [7, 11) is 0. The van der Waals surface area contributed by atoms with Gasteiger partial charge in [0, 0.05) is 6.54 Å². The van der Waals surface area contributed by atoms with Crippen LogP contribution < -0.4 is 9.47 Å². The predicted molar refractivity (Wildman–Crippen MR) is 100 cm³/mol. The van der Waals surface area contributed by atoms with Gasteiger partial charge in [0.25, 0.3) is 5.91 Å². The molecule has 0 aliphatic heterocycles. The summed E-state index contributed by atoms with van der Waals surface area (Å²) in [5, 5.41) is 8.91. The highest BCUT2D eigenvalue weighted by Gasteiger charge is 2.21. The summed E-state index contributed by atoms with van der Waals surface area (Å²) >= 11 is 0. The minimum Gasteiger partial charge on any atom is -0.490 e. The van der Waals surface area contributed by atoms with Gasteiger partial charge in [-0.1, -0.05) is 24.3 Å². The monoisotopic (exact) mass is 352 g/mol. The fourth-order valence-corrected chi connectivity index (χ4v) is 2.75. The molecule has 0 N–H and O–H groups in total. The molecule has 2 rings (SSSR count). The number of amides is 1. The van der Waals surface area contributed by atoms with Crippen LogP contribution in [-0.4, -0.2) is 30.6 Å². The van der Waals surface area contributed by atoms with E-state index in [0.29, 0.717) is 30.2 Å². The Balaban J connectivity index is 2.05. The molecule has 0 bridgehead atoms. The fraction of sp³-hybridized carbons (Fsp3) is 0.333. The summed E-state index contributed by atoms with van der Waals surface area (Å²) in [5.74, 6) is 1.09. The second kappa shape index (κ2) is 9.47. The van der Waals surface area contributed by atoms with Gasteiger partial charge in [-0.05, 0) is 50.6 Å². The number of carbonyl (C=O) groups is 1. The van der Waals surface area contributed by atoms with E-state index < -0.39 is 0 Å². The lowest BCUT2D eigenvalue weighted by Gasteiger charge is -2.28. The highest BCUT2D eigenvalue weighted by molar-refractivity contribution is 5.78. The molecule has 5 nitrogen and oxygen atoms in total. The van der Waals surface area contributed by atoms with Crippen molar-refractivity contribution < 1.29 is 14.3 Å². The highest BCUT2D eigenvalue weighted by atomic mass is 16.5. The van der Waals surface area contributed by atoms with Gasteiger partial charge >= 0.3 is 0 Å². The highest BCUT2D eigenvalue weighted by Crippen LogP contribution is 2.27. The topological polar surface area (TPSA) is 62.6 Å². The lowest BCUT2D eigenvalue weighted by molar-refractivity contribution is -0.135. The smallest absolute Gasteiger partial charge is 0.261 e. The molecule has 0 fully saturated rings. The van der Waals surface area contributed by atoms with Gasteiger partial charge in [0.15, 0.2) is 18.1 Å². The number of nitrogens with zero attached hydrogens (tertiary/aromatic N) is 2. The Labute approximate surface area is 154 Å². The molecular weight excluding hydrogens is 328 g/mol. The molecule has 2 aromatic rings. The summed E-state index contributed by atoms with van der Waals surface area (Å²) < 4.78 is 11.2. The molecule has 0 heterocycles. The zero-order valence-corrected chi connectivity index (χ0v) is 15.4. The molecule has 1 unspecified atom stereocenters. The van der Waals surface area contributed by atoms with Gasteiger partial charge in [-0.15, -0.1) is 0 Å².